The summed E-state index contributed by atoms with van der Waals surface area (Å²) in [4.78, 5) is 36.0. The van der Waals surface area contributed by atoms with Crippen LogP contribution in [0.15, 0.2) is 36.0 Å². The van der Waals surface area contributed by atoms with E-state index in [-0.39, 0.29) is 5.91 Å². The van der Waals surface area contributed by atoms with Gasteiger partial charge in [0.1, 0.15) is 17.0 Å². The molecule has 0 aliphatic carbocycles. The number of aromatic nitrogens is 2. The molecule has 188 valence electrons. The highest BCUT2D eigenvalue weighted by Crippen LogP contribution is 2.34. The monoisotopic (exact) mass is 509 g/mol. The highest BCUT2D eigenvalue weighted by atomic mass is 32.1. The number of carbonyl (C=O) groups excluding carboxylic acids is 1. The summed E-state index contributed by atoms with van der Waals surface area (Å²) < 4.78 is 31.7. The van der Waals surface area contributed by atoms with Crippen LogP contribution in [0.4, 0.5) is 24.7 Å². The lowest BCUT2D eigenvalue weighted by molar-refractivity contribution is -0.192. The average molecular weight is 510 g/mol. The molecule has 8 nitrogen and oxygen atoms in total. The molecule has 0 spiro atoms. The quantitative estimate of drug-likeness (QED) is 0.536. The molecule has 0 atom stereocenters. The number of benzene rings is 1. The van der Waals surface area contributed by atoms with E-state index in [2.05, 4.69) is 51.4 Å². The third-order valence-corrected chi connectivity index (χ3v) is 6.40. The standard InChI is InChI=1S/C21H25N5OS.C2HF3O2/c1-14(2)17-12-28-21-18(17)19(22-13-23-21)24-20(27)15-4-6-16(7-5-15)26-10-8-25(3)9-11-26;3-2(4,5)1(6)7/h4-7,12-14H,8-11H2,1-3H3,(H,22,23,24,27);(H,6,7). The molecule has 0 bridgehead atoms. The van der Waals surface area contributed by atoms with Crippen LogP contribution in [0.25, 0.3) is 10.2 Å². The zero-order valence-corrected chi connectivity index (χ0v) is 20.3. The molecule has 2 N–H and O–H groups in total. The van der Waals surface area contributed by atoms with Crippen LogP contribution in [-0.4, -0.2) is 71.3 Å². The van der Waals surface area contributed by atoms with Crippen molar-refractivity contribution in [2.24, 2.45) is 0 Å². The number of fused-ring (bicyclic) bond motifs is 1. The third kappa shape index (κ3) is 6.67. The molecule has 1 aliphatic heterocycles. The Hall–Kier alpha value is -3.25. The van der Waals surface area contributed by atoms with E-state index >= 15 is 0 Å². The highest BCUT2D eigenvalue weighted by Gasteiger charge is 2.38. The number of aliphatic carboxylic acids is 1. The van der Waals surface area contributed by atoms with Crippen LogP contribution in [0.5, 0.6) is 0 Å². The minimum absolute atomic E-state index is 0.147. The van der Waals surface area contributed by atoms with Gasteiger partial charge in [0.15, 0.2) is 0 Å². The predicted molar refractivity (Wildman–Crippen MR) is 129 cm³/mol. The second-order valence-electron chi connectivity index (χ2n) is 8.34. The summed E-state index contributed by atoms with van der Waals surface area (Å²) in [7, 11) is 2.15. The normalized spacial score (nSPS) is 14.5. The first-order valence-electron chi connectivity index (χ1n) is 10.8. The van der Waals surface area contributed by atoms with Crippen molar-refractivity contribution < 1.29 is 27.9 Å². The van der Waals surface area contributed by atoms with E-state index in [9.17, 15) is 18.0 Å². The van der Waals surface area contributed by atoms with Gasteiger partial charge in [-0.15, -0.1) is 11.3 Å². The van der Waals surface area contributed by atoms with E-state index in [1.54, 1.807) is 11.3 Å². The molecule has 0 radical (unpaired) electrons. The summed E-state index contributed by atoms with van der Waals surface area (Å²) in [5.41, 5.74) is 2.96. The fourth-order valence-corrected chi connectivity index (χ4v) is 4.55. The van der Waals surface area contributed by atoms with Gasteiger partial charge in [-0.2, -0.15) is 13.2 Å². The van der Waals surface area contributed by atoms with Gasteiger partial charge in [-0.3, -0.25) is 4.79 Å². The van der Waals surface area contributed by atoms with Crippen LogP contribution < -0.4 is 10.2 Å². The Morgan fingerprint density at radius 2 is 1.69 bits per heavy atom. The maximum absolute atomic E-state index is 12.8. The summed E-state index contributed by atoms with van der Waals surface area (Å²) in [5, 5.41) is 13.2. The van der Waals surface area contributed by atoms with Gasteiger partial charge in [0, 0.05) is 37.4 Å². The number of rotatable bonds is 4. The van der Waals surface area contributed by atoms with E-state index in [1.807, 2.05) is 24.3 Å². The lowest BCUT2D eigenvalue weighted by atomic mass is 10.0. The molecule has 1 fully saturated rings. The van der Waals surface area contributed by atoms with Gasteiger partial charge in [0.25, 0.3) is 5.91 Å². The van der Waals surface area contributed by atoms with Gasteiger partial charge in [-0.25, -0.2) is 14.8 Å². The molecule has 12 heteroatoms. The van der Waals surface area contributed by atoms with E-state index in [4.69, 9.17) is 9.90 Å². The van der Waals surface area contributed by atoms with E-state index in [0.717, 1.165) is 42.1 Å². The number of nitrogens with one attached hydrogen (secondary N) is 1. The predicted octanol–water partition coefficient (Wildman–Crippen LogP) is 4.45. The Labute approximate surface area is 204 Å². The second kappa shape index (κ2) is 11.0. The fourth-order valence-electron chi connectivity index (χ4n) is 3.48. The number of hydrogen-bond acceptors (Lipinski definition) is 7. The number of nitrogens with zero attached hydrogens (tertiary/aromatic N) is 4. The number of piperazine rings is 1. The first-order chi connectivity index (χ1) is 16.5. The van der Waals surface area contributed by atoms with Crippen LogP contribution in [0.1, 0.15) is 35.7 Å². The van der Waals surface area contributed by atoms with Crippen molar-refractivity contribution in [1.29, 1.82) is 0 Å². The van der Waals surface area contributed by atoms with Crippen molar-refractivity contribution >= 4 is 44.9 Å². The number of alkyl halides is 3. The molecule has 1 aliphatic rings. The van der Waals surface area contributed by atoms with E-state index < -0.39 is 12.1 Å². The average Bonchev–Trinajstić information content (AvgIpc) is 3.25. The van der Waals surface area contributed by atoms with Gasteiger partial charge >= 0.3 is 12.1 Å². The highest BCUT2D eigenvalue weighted by molar-refractivity contribution is 7.17. The van der Waals surface area contributed by atoms with E-state index in [0.29, 0.717) is 17.3 Å². The van der Waals surface area contributed by atoms with Crippen LogP contribution in [-0.2, 0) is 4.79 Å². The molecule has 2 aromatic heterocycles. The van der Waals surface area contributed by atoms with Crippen LogP contribution >= 0.6 is 11.3 Å². The Morgan fingerprint density at radius 3 is 2.23 bits per heavy atom. The van der Waals surface area contributed by atoms with Crippen molar-refractivity contribution in [3.05, 3.63) is 47.1 Å². The minimum atomic E-state index is -5.08. The van der Waals surface area contributed by atoms with Crippen LogP contribution in [0, 0.1) is 0 Å². The summed E-state index contributed by atoms with van der Waals surface area (Å²) in [6.45, 7) is 8.41. The van der Waals surface area contributed by atoms with Gasteiger partial charge in [0.05, 0.1) is 5.39 Å². The molecule has 4 rings (SSSR count). The molecular formula is C23H26F3N5O3S. The van der Waals surface area contributed by atoms with Crippen LogP contribution in [0.3, 0.4) is 0 Å². The van der Waals surface area contributed by atoms with Gasteiger partial charge in [-0.1, -0.05) is 13.8 Å². The first kappa shape index (κ1) is 26.4. The summed E-state index contributed by atoms with van der Waals surface area (Å²) in [6, 6.07) is 7.83. The van der Waals surface area contributed by atoms with Gasteiger partial charge < -0.3 is 20.2 Å². The lowest BCUT2D eigenvalue weighted by Gasteiger charge is -2.34. The summed E-state index contributed by atoms with van der Waals surface area (Å²) >= 11 is 1.59. The SMILES string of the molecule is CC(C)c1csc2ncnc(NC(=O)c3ccc(N4CCN(C)CC4)cc3)c12.O=C(O)C(F)(F)F. The second-order valence-corrected chi connectivity index (χ2v) is 9.20. The molecule has 1 amide bonds. The minimum Gasteiger partial charge on any atom is -0.475 e. The Bertz CT molecular complexity index is 1170. The van der Waals surface area contributed by atoms with Crippen molar-refractivity contribution in [1.82, 2.24) is 14.9 Å². The third-order valence-electron chi connectivity index (χ3n) is 5.49. The maximum atomic E-state index is 12.8. The number of carboxylic acid groups (broad SMARTS) is 1. The number of amides is 1. The molecule has 0 unspecified atom stereocenters. The van der Waals surface area contributed by atoms with Gasteiger partial charge in [0.2, 0.25) is 0 Å². The van der Waals surface area contributed by atoms with Crippen molar-refractivity contribution in [3.63, 3.8) is 0 Å². The van der Waals surface area contributed by atoms with E-state index in [1.165, 1.54) is 11.9 Å². The molecule has 0 saturated carbocycles. The maximum Gasteiger partial charge on any atom is 0.490 e. The van der Waals surface area contributed by atoms with Crippen LogP contribution in [0.2, 0.25) is 0 Å². The van der Waals surface area contributed by atoms with Gasteiger partial charge in [-0.05, 0) is 48.2 Å². The molecular weight excluding hydrogens is 483 g/mol. The number of carboxylic acids is 1. The molecule has 1 saturated heterocycles. The fraction of sp³-hybridized carbons (Fsp3) is 0.391. The van der Waals surface area contributed by atoms with Crippen molar-refractivity contribution in [2.45, 2.75) is 25.9 Å². The number of carbonyl (C=O) groups is 2. The zero-order valence-electron chi connectivity index (χ0n) is 19.5. The molecule has 3 aromatic rings. The van der Waals surface area contributed by atoms with Crippen molar-refractivity contribution in [3.8, 4) is 0 Å². The first-order valence-corrected chi connectivity index (χ1v) is 11.7. The zero-order chi connectivity index (χ0) is 25.8. The molecule has 35 heavy (non-hydrogen) atoms. The Kier molecular flexibility index (Phi) is 8.28. The lowest BCUT2D eigenvalue weighted by Crippen LogP contribution is -2.44. The summed E-state index contributed by atoms with van der Waals surface area (Å²) in [6.07, 6.45) is -3.57. The molecule has 1 aromatic carbocycles. The Morgan fingerprint density at radius 1 is 1.09 bits per heavy atom. The summed E-state index contributed by atoms with van der Waals surface area (Å²) in [5.74, 6) is -1.97. The number of thiophene rings is 1. The molecule has 3 heterocycles. The number of likely N-dealkylation sites (N-methyl/N-ethyl adjacent to an activating group) is 1. The number of anilines is 2. The number of halogens is 3. The topological polar surface area (TPSA) is 98.7 Å². The largest absolute Gasteiger partial charge is 0.490 e. The Balaban J connectivity index is 0.000000429. The number of hydrogen-bond donors (Lipinski definition) is 2. The van der Waals surface area contributed by atoms with Crippen molar-refractivity contribution in [2.75, 3.05) is 43.4 Å². The smallest absolute Gasteiger partial charge is 0.475 e.